The van der Waals surface area contributed by atoms with Crippen LogP contribution in [0.4, 0.5) is 0 Å². The van der Waals surface area contributed by atoms with Crippen molar-refractivity contribution in [2.75, 3.05) is 19.6 Å². The third-order valence-electron chi connectivity index (χ3n) is 4.49. The van der Waals surface area contributed by atoms with Crippen LogP contribution < -0.4 is 5.32 Å². The van der Waals surface area contributed by atoms with Crippen molar-refractivity contribution in [1.29, 1.82) is 0 Å². The Morgan fingerprint density at radius 1 is 1.26 bits per heavy atom. The van der Waals surface area contributed by atoms with Crippen LogP contribution >= 0.6 is 0 Å². The lowest BCUT2D eigenvalue weighted by Gasteiger charge is -2.31. The number of nitrogens with zero attached hydrogens (tertiary/aromatic N) is 2. The van der Waals surface area contributed by atoms with Gasteiger partial charge in [0.2, 0.25) is 11.7 Å². The van der Waals surface area contributed by atoms with Crippen LogP contribution in [0.1, 0.15) is 39.6 Å². The predicted octanol–water partition coefficient (Wildman–Crippen LogP) is 1.58. The molecular formula is C19H21N3O5. The van der Waals surface area contributed by atoms with Gasteiger partial charge in [-0.25, -0.2) is 4.79 Å². The van der Waals surface area contributed by atoms with Gasteiger partial charge < -0.3 is 14.8 Å². The number of piperidine rings is 1. The van der Waals surface area contributed by atoms with Gasteiger partial charge in [0.1, 0.15) is 11.5 Å². The van der Waals surface area contributed by atoms with E-state index in [0.717, 1.165) is 19.4 Å². The minimum atomic E-state index is -1.15. The Morgan fingerprint density at radius 2 is 2.11 bits per heavy atom. The second kappa shape index (κ2) is 8.59. The molecular weight excluding hydrogens is 350 g/mol. The van der Waals surface area contributed by atoms with E-state index in [9.17, 15) is 14.4 Å². The van der Waals surface area contributed by atoms with Gasteiger partial charge in [0.15, 0.2) is 5.78 Å². The second-order valence-electron chi connectivity index (χ2n) is 6.50. The van der Waals surface area contributed by atoms with E-state index >= 15 is 0 Å². The van der Waals surface area contributed by atoms with Crippen molar-refractivity contribution in [2.24, 2.45) is 5.92 Å². The lowest BCUT2D eigenvalue weighted by Crippen LogP contribution is -2.44. The molecule has 0 bridgehead atoms. The Bertz CT molecular complexity index is 818. The number of rotatable bonds is 7. The first kappa shape index (κ1) is 18.8. The number of aromatic carboxylic acids is 1. The van der Waals surface area contributed by atoms with Crippen LogP contribution in [-0.2, 0) is 11.3 Å². The minimum absolute atomic E-state index is 0.0116. The maximum atomic E-state index is 12.5. The quantitative estimate of drug-likeness (QED) is 0.711. The summed E-state index contributed by atoms with van der Waals surface area (Å²) in [6.45, 7) is 1.57. The number of amides is 1. The first-order valence-corrected chi connectivity index (χ1v) is 8.79. The predicted molar refractivity (Wildman–Crippen MR) is 95.2 cm³/mol. The number of carboxylic acid groups (broad SMARTS) is 1. The van der Waals surface area contributed by atoms with Crippen molar-refractivity contribution in [3.63, 3.8) is 0 Å². The van der Waals surface area contributed by atoms with Gasteiger partial charge in [-0.05, 0) is 43.7 Å². The topological polar surface area (TPSA) is 113 Å². The fourth-order valence-corrected chi connectivity index (χ4v) is 3.16. The van der Waals surface area contributed by atoms with Gasteiger partial charge in [0.25, 0.3) is 0 Å². The number of ketones is 1. The lowest BCUT2D eigenvalue weighted by atomic mass is 9.92. The smallest absolute Gasteiger partial charge is 0.371 e. The van der Waals surface area contributed by atoms with Gasteiger partial charge in [-0.2, -0.15) is 0 Å². The number of furan rings is 1. The molecule has 3 heterocycles. The summed E-state index contributed by atoms with van der Waals surface area (Å²) in [4.78, 5) is 41.6. The molecule has 8 heteroatoms. The highest BCUT2D eigenvalue weighted by Gasteiger charge is 2.28. The van der Waals surface area contributed by atoms with Crippen molar-refractivity contribution in [3.05, 3.63) is 53.7 Å². The normalized spacial score (nSPS) is 17.4. The summed E-state index contributed by atoms with van der Waals surface area (Å²) in [5, 5.41) is 11.5. The first-order valence-electron chi connectivity index (χ1n) is 8.79. The molecule has 3 rings (SSSR count). The van der Waals surface area contributed by atoms with Gasteiger partial charge in [-0.3, -0.25) is 19.5 Å². The zero-order chi connectivity index (χ0) is 19.2. The highest BCUT2D eigenvalue weighted by molar-refractivity contribution is 5.96. The van der Waals surface area contributed by atoms with Crippen molar-refractivity contribution in [3.8, 4) is 0 Å². The van der Waals surface area contributed by atoms with Crippen LogP contribution in [0.2, 0.25) is 0 Å². The van der Waals surface area contributed by atoms with Crippen LogP contribution in [0.25, 0.3) is 0 Å². The average Bonchev–Trinajstić information content (AvgIpc) is 3.16. The van der Waals surface area contributed by atoms with E-state index in [1.54, 1.807) is 24.4 Å². The summed E-state index contributed by atoms with van der Waals surface area (Å²) in [6, 6.07) is 8.14. The number of likely N-dealkylation sites (tertiary alicyclic amines) is 1. The zero-order valence-corrected chi connectivity index (χ0v) is 14.8. The van der Waals surface area contributed by atoms with Crippen LogP contribution in [0.15, 0.2) is 40.9 Å². The van der Waals surface area contributed by atoms with Gasteiger partial charge >= 0.3 is 5.97 Å². The molecule has 1 amide bonds. The van der Waals surface area contributed by atoms with E-state index in [4.69, 9.17) is 9.52 Å². The molecule has 0 saturated carbocycles. The molecule has 0 spiro atoms. The minimum Gasteiger partial charge on any atom is -0.475 e. The molecule has 2 aromatic rings. The standard InChI is InChI=1S/C19H21N3O5/c23-17(21-10-14-6-7-16(27-14)19(25)26)12-22-9-3-4-13(11-22)18(24)15-5-1-2-8-20-15/h1-2,5-8,13H,3-4,9-12H2,(H,21,23)(H,25,26). The Kier molecular flexibility index (Phi) is 5.97. The van der Waals surface area contributed by atoms with Crippen molar-refractivity contribution >= 4 is 17.7 Å². The van der Waals surface area contributed by atoms with Crippen LogP contribution in [-0.4, -0.2) is 52.3 Å². The van der Waals surface area contributed by atoms with Crippen LogP contribution in [0, 0.1) is 5.92 Å². The molecule has 0 radical (unpaired) electrons. The number of carbonyl (C=O) groups excluding carboxylic acids is 2. The van der Waals surface area contributed by atoms with E-state index in [-0.39, 0.29) is 36.5 Å². The number of hydrogen-bond donors (Lipinski definition) is 2. The number of pyridine rings is 1. The number of hydrogen-bond acceptors (Lipinski definition) is 6. The summed E-state index contributed by atoms with van der Waals surface area (Å²) >= 11 is 0. The molecule has 1 aliphatic heterocycles. The van der Waals surface area contributed by atoms with E-state index < -0.39 is 5.97 Å². The second-order valence-corrected chi connectivity index (χ2v) is 6.50. The van der Waals surface area contributed by atoms with E-state index in [0.29, 0.717) is 18.0 Å². The zero-order valence-electron chi connectivity index (χ0n) is 14.8. The number of carbonyl (C=O) groups is 3. The molecule has 0 aliphatic carbocycles. The average molecular weight is 371 g/mol. The van der Waals surface area contributed by atoms with Crippen molar-refractivity contribution in [1.82, 2.24) is 15.2 Å². The Morgan fingerprint density at radius 3 is 2.81 bits per heavy atom. The summed E-state index contributed by atoms with van der Waals surface area (Å²) in [5.41, 5.74) is 0.459. The third kappa shape index (κ3) is 5.01. The van der Waals surface area contributed by atoms with Crippen molar-refractivity contribution in [2.45, 2.75) is 19.4 Å². The maximum Gasteiger partial charge on any atom is 0.371 e. The molecule has 1 aliphatic rings. The molecule has 142 valence electrons. The number of Topliss-reactive ketones (excluding diaryl/α,β-unsaturated/α-hetero) is 1. The van der Waals surface area contributed by atoms with E-state index in [1.165, 1.54) is 12.1 Å². The van der Waals surface area contributed by atoms with Crippen LogP contribution in [0.5, 0.6) is 0 Å². The Balaban J connectivity index is 1.48. The third-order valence-corrected chi connectivity index (χ3v) is 4.49. The molecule has 0 aromatic carbocycles. The highest BCUT2D eigenvalue weighted by Crippen LogP contribution is 2.20. The summed E-state index contributed by atoms with van der Waals surface area (Å²) in [6.07, 6.45) is 3.24. The number of aromatic nitrogens is 1. The molecule has 1 atom stereocenters. The number of carboxylic acids is 1. The SMILES string of the molecule is O=C(CN1CCCC(C(=O)c2ccccn2)C1)NCc1ccc(C(=O)O)o1. The molecule has 1 fully saturated rings. The van der Waals surface area contributed by atoms with Gasteiger partial charge in [-0.15, -0.1) is 0 Å². The monoisotopic (exact) mass is 371 g/mol. The fraction of sp³-hybridized carbons (Fsp3) is 0.368. The first-order chi connectivity index (χ1) is 13.0. The highest BCUT2D eigenvalue weighted by atomic mass is 16.4. The molecule has 2 aromatic heterocycles. The Labute approximate surface area is 156 Å². The summed E-state index contributed by atoms with van der Waals surface area (Å²) < 4.78 is 5.10. The molecule has 1 saturated heterocycles. The molecule has 27 heavy (non-hydrogen) atoms. The van der Waals surface area contributed by atoms with E-state index in [2.05, 4.69) is 10.3 Å². The Hall–Kier alpha value is -3.00. The molecule has 1 unspecified atom stereocenters. The maximum absolute atomic E-state index is 12.5. The van der Waals surface area contributed by atoms with Gasteiger partial charge in [0, 0.05) is 18.7 Å². The van der Waals surface area contributed by atoms with Crippen molar-refractivity contribution < 1.29 is 23.9 Å². The summed E-state index contributed by atoms with van der Waals surface area (Å²) in [7, 11) is 0. The van der Waals surface area contributed by atoms with Gasteiger partial charge in [-0.1, -0.05) is 6.07 Å². The lowest BCUT2D eigenvalue weighted by molar-refractivity contribution is -0.122. The number of nitrogens with one attached hydrogen (secondary N) is 1. The van der Waals surface area contributed by atoms with E-state index in [1.807, 2.05) is 4.90 Å². The summed E-state index contributed by atoms with van der Waals surface area (Å²) in [5.74, 6) is -1.28. The largest absolute Gasteiger partial charge is 0.475 e. The van der Waals surface area contributed by atoms with Gasteiger partial charge in [0.05, 0.1) is 13.1 Å². The molecule has 8 nitrogen and oxygen atoms in total. The molecule has 2 N–H and O–H groups in total. The fourth-order valence-electron chi connectivity index (χ4n) is 3.16. The van der Waals surface area contributed by atoms with Crippen LogP contribution in [0.3, 0.4) is 0 Å².